The summed E-state index contributed by atoms with van der Waals surface area (Å²) >= 11 is 0. The monoisotopic (exact) mass is 371 g/mol. The van der Waals surface area contributed by atoms with Gasteiger partial charge in [0.2, 0.25) is 5.91 Å². The molecular formula is C19H25N5O3. The molecule has 2 aliphatic heterocycles. The SMILES string of the molecule is O=C(NCC1CNCC1O)C1CCCN(C(=O)c2ccc3[nH]ncc3c2)C1. The first-order chi connectivity index (χ1) is 13.1. The minimum Gasteiger partial charge on any atom is -0.391 e. The van der Waals surface area contributed by atoms with E-state index in [1.54, 1.807) is 17.2 Å². The van der Waals surface area contributed by atoms with Gasteiger partial charge in [0.15, 0.2) is 0 Å². The molecule has 0 radical (unpaired) electrons. The molecule has 3 unspecified atom stereocenters. The molecule has 2 aromatic rings. The Balaban J connectivity index is 1.36. The zero-order valence-corrected chi connectivity index (χ0v) is 15.1. The van der Waals surface area contributed by atoms with E-state index in [-0.39, 0.29) is 23.7 Å². The number of aliphatic hydroxyl groups is 1. The van der Waals surface area contributed by atoms with Gasteiger partial charge in [-0.25, -0.2) is 0 Å². The number of amides is 2. The maximum absolute atomic E-state index is 12.9. The summed E-state index contributed by atoms with van der Waals surface area (Å²) in [5, 5.41) is 23.7. The second kappa shape index (κ2) is 7.66. The van der Waals surface area contributed by atoms with Gasteiger partial charge in [-0.3, -0.25) is 14.7 Å². The lowest BCUT2D eigenvalue weighted by Crippen LogP contribution is -2.46. The second-order valence-electron chi connectivity index (χ2n) is 7.49. The summed E-state index contributed by atoms with van der Waals surface area (Å²) in [4.78, 5) is 27.2. The number of hydrogen-bond donors (Lipinski definition) is 4. The van der Waals surface area contributed by atoms with E-state index in [4.69, 9.17) is 0 Å². The molecule has 4 N–H and O–H groups in total. The van der Waals surface area contributed by atoms with Crippen LogP contribution in [0.4, 0.5) is 0 Å². The topological polar surface area (TPSA) is 110 Å². The zero-order chi connectivity index (χ0) is 18.8. The Morgan fingerprint density at radius 1 is 1.33 bits per heavy atom. The average molecular weight is 371 g/mol. The fourth-order valence-corrected chi connectivity index (χ4v) is 3.94. The number of nitrogens with zero attached hydrogens (tertiary/aromatic N) is 2. The van der Waals surface area contributed by atoms with Gasteiger partial charge in [-0.15, -0.1) is 0 Å². The third kappa shape index (κ3) is 3.81. The summed E-state index contributed by atoms with van der Waals surface area (Å²) in [6, 6.07) is 5.48. The fraction of sp³-hybridized carbons (Fsp3) is 0.526. The Hall–Kier alpha value is -2.45. The van der Waals surface area contributed by atoms with Gasteiger partial charge in [-0.1, -0.05) is 0 Å². The number of likely N-dealkylation sites (tertiary alicyclic amines) is 1. The number of carbonyl (C=O) groups is 2. The van der Waals surface area contributed by atoms with E-state index in [0.717, 1.165) is 23.7 Å². The Morgan fingerprint density at radius 2 is 2.22 bits per heavy atom. The molecular weight excluding hydrogens is 346 g/mol. The molecule has 0 aliphatic carbocycles. The molecule has 3 atom stereocenters. The van der Waals surface area contributed by atoms with Crippen molar-refractivity contribution in [1.29, 1.82) is 0 Å². The lowest BCUT2D eigenvalue weighted by atomic mass is 9.96. The van der Waals surface area contributed by atoms with Crippen molar-refractivity contribution < 1.29 is 14.7 Å². The molecule has 2 saturated heterocycles. The van der Waals surface area contributed by atoms with E-state index in [1.807, 2.05) is 12.1 Å². The molecule has 8 heteroatoms. The summed E-state index contributed by atoms with van der Waals surface area (Å²) in [5.41, 5.74) is 1.51. The van der Waals surface area contributed by atoms with Crippen molar-refractivity contribution in [2.24, 2.45) is 11.8 Å². The molecule has 144 valence electrons. The van der Waals surface area contributed by atoms with Crippen LogP contribution in [0.5, 0.6) is 0 Å². The largest absolute Gasteiger partial charge is 0.391 e. The second-order valence-corrected chi connectivity index (χ2v) is 7.49. The van der Waals surface area contributed by atoms with Gasteiger partial charge < -0.3 is 20.6 Å². The van der Waals surface area contributed by atoms with E-state index < -0.39 is 6.10 Å². The molecule has 2 fully saturated rings. The fourth-order valence-electron chi connectivity index (χ4n) is 3.94. The van der Waals surface area contributed by atoms with Crippen molar-refractivity contribution in [2.45, 2.75) is 18.9 Å². The number of fused-ring (bicyclic) bond motifs is 1. The lowest BCUT2D eigenvalue weighted by molar-refractivity contribution is -0.126. The van der Waals surface area contributed by atoms with E-state index in [1.165, 1.54) is 0 Å². The first kappa shape index (κ1) is 17.9. The highest BCUT2D eigenvalue weighted by Crippen LogP contribution is 2.21. The van der Waals surface area contributed by atoms with Crippen molar-refractivity contribution >= 4 is 22.7 Å². The normalized spacial score (nSPS) is 25.7. The van der Waals surface area contributed by atoms with Crippen molar-refractivity contribution in [3.8, 4) is 0 Å². The lowest BCUT2D eigenvalue weighted by Gasteiger charge is -2.32. The van der Waals surface area contributed by atoms with Crippen LogP contribution in [0, 0.1) is 11.8 Å². The first-order valence-electron chi connectivity index (χ1n) is 9.50. The van der Waals surface area contributed by atoms with Crippen LogP contribution in [0.25, 0.3) is 10.9 Å². The smallest absolute Gasteiger partial charge is 0.253 e. The molecule has 3 heterocycles. The van der Waals surface area contributed by atoms with Gasteiger partial charge in [0, 0.05) is 49.6 Å². The van der Waals surface area contributed by atoms with E-state index in [2.05, 4.69) is 20.8 Å². The molecule has 8 nitrogen and oxygen atoms in total. The Morgan fingerprint density at radius 3 is 3.04 bits per heavy atom. The van der Waals surface area contributed by atoms with Gasteiger partial charge in [-0.2, -0.15) is 5.10 Å². The number of aliphatic hydroxyl groups excluding tert-OH is 1. The number of β-amino-alcohol motifs (C(OH)–C–C–N with tert-alkyl or cyclic N) is 1. The van der Waals surface area contributed by atoms with Crippen LogP contribution in [0.1, 0.15) is 23.2 Å². The number of carbonyl (C=O) groups excluding carboxylic acids is 2. The maximum atomic E-state index is 12.9. The van der Waals surface area contributed by atoms with Gasteiger partial charge in [0.25, 0.3) is 5.91 Å². The van der Waals surface area contributed by atoms with Crippen molar-refractivity contribution in [2.75, 3.05) is 32.7 Å². The van der Waals surface area contributed by atoms with Gasteiger partial charge in [0.05, 0.1) is 23.7 Å². The van der Waals surface area contributed by atoms with E-state index in [0.29, 0.717) is 38.3 Å². The molecule has 4 rings (SSSR count). The van der Waals surface area contributed by atoms with Crippen LogP contribution >= 0.6 is 0 Å². The Kier molecular flexibility index (Phi) is 5.09. The number of benzene rings is 1. The molecule has 0 spiro atoms. The van der Waals surface area contributed by atoms with Crippen molar-refractivity contribution in [1.82, 2.24) is 25.7 Å². The molecule has 1 aromatic carbocycles. The van der Waals surface area contributed by atoms with Crippen molar-refractivity contribution in [3.05, 3.63) is 30.0 Å². The van der Waals surface area contributed by atoms with Crippen LogP contribution < -0.4 is 10.6 Å². The highest BCUT2D eigenvalue weighted by atomic mass is 16.3. The predicted octanol–water partition coefficient (Wildman–Crippen LogP) is 0.112. The van der Waals surface area contributed by atoms with E-state index in [9.17, 15) is 14.7 Å². The van der Waals surface area contributed by atoms with Crippen LogP contribution in [0.2, 0.25) is 0 Å². The number of piperidine rings is 1. The molecule has 27 heavy (non-hydrogen) atoms. The standard InChI is InChI=1S/C19H25N5O3/c25-17-10-20-7-15(17)8-21-18(26)13-2-1-5-24(11-13)19(27)12-3-4-16-14(6-12)9-22-23-16/h3-4,6,9,13,15,17,20,25H,1-2,5,7-8,10-11H2,(H,21,26)(H,22,23). The van der Waals surface area contributed by atoms with Crippen LogP contribution in [0.3, 0.4) is 0 Å². The third-order valence-electron chi connectivity index (χ3n) is 5.61. The number of nitrogens with one attached hydrogen (secondary N) is 3. The number of H-pyrrole nitrogens is 1. The summed E-state index contributed by atoms with van der Waals surface area (Å²) in [6.45, 7) is 2.85. The first-order valence-corrected chi connectivity index (χ1v) is 9.50. The number of aromatic nitrogens is 2. The van der Waals surface area contributed by atoms with Crippen LogP contribution in [-0.2, 0) is 4.79 Å². The minimum absolute atomic E-state index is 0.0307. The molecule has 2 aliphatic rings. The molecule has 1 aromatic heterocycles. The van der Waals surface area contributed by atoms with Crippen LogP contribution in [-0.4, -0.2) is 70.8 Å². The number of rotatable bonds is 4. The quantitative estimate of drug-likeness (QED) is 0.610. The number of hydrogen-bond acceptors (Lipinski definition) is 5. The average Bonchev–Trinajstić information content (AvgIpc) is 3.33. The highest BCUT2D eigenvalue weighted by molar-refractivity contribution is 5.98. The maximum Gasteiger partial charge on any atom is 0.253 e. The van der Waals surface area contributed by atoms with Crippen molar-refractivity contribution in [3.63, 3.8) is 0 Å². The van der Waals surface area contributed by atoms with Crippen LogP contribution in [0.15, 0.2) is 24.4 Å². The number of aromatic amines is 1. The molecule has 0 saturated carbocycles. The Bertz CT molecular complexity index is 836. The predicted molar refractivity (Wildman–Crippen MR) is 100 cm³/mol. The molecule has 0 bridgehead atoms. The van der Waals surface area contributed by atoms with Gasteiger partial charge in [0.1, 0.15) is 0 Å². The summed E-state index contributed by atoms with van der Waals surface area (Å²) in [7, 11) is 0. The van der Waals surface area contributed by atoms with Gasteiger partial charge in [-0.05, 0) is 31.0 Å². The summed E-state index contributed by atoms with van der Waals surface area (Å²) in [5.74, 6) is -0.230. The zero-order valence-electron chi connectivity index (χ0n) is 15.1. The highest BCUT2D eigenvalue weighted by Gasteiger charge is 2.30. The third-order valence-corrected chi connectivity index (χ3v) is 5.61. The van der Waals surface area contributed by atoms with Gasteiger partial charge >= 0.3 is 0 Å². The Labute approximate surface area is 157 Å². The minimum atomic E-state index is -0.410. The summed E-state index contributed by atoms with van der Waals surface area (Å²) < 4.78 is 0. The van der Waals surface area contributed by atoms with E-state index >= 15 is 0 Å². The summed E-state index contributed by atoms with van der Waals surface area (Å²) in [6.07, 6.45) is 2.88. The molecule has 2 amide bonds.